The SMILES string of the molecule is NC(=CC(=O)c1c([O-])c(F)c(F)c(F)c1F)C(=O)O. The van der Waals surface area contributed by atoms with Crippen LogP contribution in [-0.2, 0) is 4.79 Å². The van der Waals surface area contributed by atoms with Gasteiger partial charge in [0.15, 0.2) is 29.1 Å². The summed E-state index contributed by atoms with van der Waals surface area (Å²) in [6, 6.07) is 0. The molecule has 0 unspecified atom stereocenters. The number of carboxylic acid groups (broad SMARTS) is 1. The van der Waals surface area contributed by atoms with Gasteiger partial charge in [-0.25, -0.2) is 22.4 Å². The van der Waals surface area contributed by atoms with Crippen molar-refractivity contribution >= 4 is 11.8 Å². The number of nitrogens with two attached hydrogens (primary N) is 1. The zero-order chi connectivity index (χ0) is 14.9. The van der Waals surface area contributed by atoms with Crippen molar-refractivity contribution in [3.63, 3.8) is 0 Å². The summed E-state index contributed by atoms with van der Waals surface area (Å²) in [4.78, 5) is 21.6. The third kappa shape index (κ3) is 2.49. The first-order valence-electron chi connectivity index (χ1n) is 4.46. The summed E-state index contributed by atoms with van der Waals surface area (Å²) >= 11 is 0. The smallest absolute Gasteiger partial charge is 0.351 e. The molecule has 1 aromatic carbocycles. The molecule has 0 aliphatic carbocycles. The van der Waals surface area contributed by atoms with E-state index < -0.39 is 52.0 Å². The molecule has 19 heavy (non-hydrogen) atoms. The van der Waals surface area contributed by atoms with Crippen LogP contribution in [0, 0.1) is 23.3 Å². The summed E-state index contributed by atoms with van der Waals surface area (Å²) in [6.45, 7) is 0. The van der Waals surface area contributed by atoms with E-state index in [1.54, 1.807) is 0 Å². The third-order valence-electron chi connectivity index (χ3n) is 2.00. The average Bonchev–Trinajstić information content (AvgIpc) is 2.34. The maximum atomic E-state index is 13.2. The van der Waals surface area contributed by atoms with Crippen molar-refractivity contribution < 1.29 is 37.4 Å². The molecule has 0 bridgehead atoms. The number of carbonyl (C=O) groups excluding carboxylic acids is 1. The summed E-state index contributed by atoms with van der Waals surface area (Å²) < 4.78 is 51.5. The maximum absolute atomic E-state index is 13.2. The van der Waals surface area contributed by atoms with Gasteiger partial charge >= 0.3 is 5.97 Å². The van der Waals surface area contributed by atoms with E-state index >= 15 is 0 Å². The zero-order valence-electron chi connectivity index (χ0n) is 8.84. The second-order valence-electron chi connectivity index (χ2n) is 3.23. The van der Waals surface area contributed by atoms with Crippen LogP contribution in [0.1, 0.15) is 10.4 Å². The maximum Gasteiger partial charge on any atom is 0.351 e. The van der Waals surface area contributed by atoms with Crippen LogP contribution in [0.5, 0.6) is 5.75 Å². The normalized spacial score (nSPS) is 11.5. The molecule has 0 amide bonds. The number of ketones is 1. The van der Waals surface area contributed by atoms with Gasteiger partial charge in [0.05, 0.1) is 5.56 Å². The Morgan fingerprint density at radius 2 is 1.53 bits per heavy atom. The zero-order valence-corrected chi connectivity index (χ0v) is 8.84. The van der Waals surface area contributed by atoms with Crippen LogP contribution < -0.4 is 10.8 Å². The molecule has 0 radical (unpaired) electrons. The minimum Gasteiger partial charge on any atom is -0.870 e. The molecule has 1 rings (SSSR count). The van der Waals surface area contributed by atoms with Crippen molar-refractivity contribution in [1.29, 1.82) is 0 Å². The molecule has 0 aromatic heterocycles. The van der Waals surface area contributed by atoms with E-state index in [2.05, 4.69) is 0 Å². The van der Waals surface area contributed by atoms with Gasteiger partial charge in [0.2, 0.25) is 0 Å². The van der Waals surface area contributed by atoms with Crippen LogP contribution in [0.25, 0.3) is 0 Å². The molecule has 0 saturated heterocycles. The average molecular weight is 278 g/mol. The highest BCUT2D eigenvalue weighted by Crippen LogP contribution is 2.28. The van der Waals surface area contributed by atoms with E-state index in [-0.39, 0.29) is 6.08 Å². The van der Waals surface area contributed by atoms with Crippen LogP contribution in [0.2, 0.25) is 0 Å². The fraction of sp³-hybridized carbons (Fsp3) is 0. The Morgan fingerprint density at radius 3 is 2.00 bits per heavy atom. The molecule has 3 N–H and O–H groups in total. The third-order valence-corrected chi connectivity index (χ3v) is 2.00. The molecule has 0 atom stereocenters. The first-order valence-corrected chi connectivity index (χ1v) is 4.46. The Balaban J connectivity index is 3.49. The van der Waals surface area contributed by atoms with E-state index in [9.17, 15) is 32.3 Å². The van der Waals surface area contributed by atoms with E-state index in [0.29, 0.717) is 0 Å². The van der Waals surface area contributed by atoms with Gasteiger partial charge in [0.1, 0.15) is 5.70 Å². The Hall–Kier alpha value is -2.58. The minimum atomic E-state index is -2.37. The predicted octanol–water partition coefficient (Wildman–Crippen LogP) is 0.427. The van der Waals surface area contributed by atoms with Gasteiger partial charge < -0.3 is 15.9 Å². The number of rotatable bonds is 3. The fourth-order valence-electron chi connectivity index (χ4n) is 1.11. The van der Waals surface area contributed by atoms with Gasteiger partial charge in [0, 0.05) is 6.08 Å². The number of halogens is 4. The Morgan fingerprint density at radius 1 is 1.05 bits per heavy atom. The van der Waals surface area contributed by atoms with Gasteiger partial charge in [-0.15, -0.1) is 0 Å². The lowest BCUT2D eigenvalue weighted by Gasteiger charge is -2.14. The standard InChI is InChI=1S/C10H5F4NO4/c11-5-4(3(16)1-2(15)10(18)19)9(17)8(14)7(13)6(5)12/h1,17H,15H2,(H,18,19)/p-1. The number of carbonyl (C=O) groups is 2. The van der Waals surface area contributed by atoms with Crippen molar-refractivity contribution in [3.8, 4) is 5.75 Å². The summed E-state index contributed by atoms with van der Waals surface area (Å²) in [5.41, 5.74) is 2.06. The molecule has 1 aromatic rings. The quantitative estimate of drug-likeness (QED) is 0.274. The second kappa shape index (κ2) is 4.96. The van der Waals surface area contributed by atoms with Crippen LogP contribution in [0.4, 0.5) is 17.6 Å². The second-order valence-corrected chi connectivity index (χ2v) is 3.23. The van der Waals surface area contributed by atoms with Crippen LogP contribution in [0.15, 0.2) is 11.8 Å². The molecule has 0 fully saturated rings. The lowest BCUT2D eigenvalue weighted by Crippen LogP contribution is -2.16. The summed E-state index contributed by atoms with van der Waals surface area (Å²) in [6.07, 6.45) is 0.0823. The highest BCUT2D eigenvalue weighted by Gasteiger charge is 2.24. The Labute approximate surface area is 102 Å². The monoisotopic (exact) mass is 278 g/mol. The van der Waals surface area contributed by atoms with Crippen molar-refractivity contribution in [1.82, 2.24) is 0 Å². The molecule has 0 aliphatic heterocycles. The number of benzene rings is 1. The van der Waals surface area contributed by atoms with Crippen molar-refractivity contribution in [2.45, 2.75) is 0 Å². The number of allylic oxidation sites excluding steroid dienone is 1. The molecule has 5 nitrogen and oxygen atoms in total. The number of hydrogen-bond acceptors (Lipinski definition) is 4. The van der Waals surface area contributed by atoms with Gasteiger partial charge in [-0.3, -0.25) is 4.79 Å². The summed E-state index contributed by atoms with van der Waals surface area (Å²) in [5, 5.41) is 19.4. The molecule has 0 saturated carbocycles. The number of carboxylic acids is 1. The van der Waals surface area contributed by atoms with Crippen LogP contribution in [-0.4, -0.2) is 16.9 Å². The molecular weight excluding hydrogens is 274 g/mol. The molecular formula is C10H4F4NO4-. The van der Waals surface area contributed by atoms with Gasteiger partial charge in [-0.2, -0.15) is 0 Å². The van der Waals surface area contributed by atoms with Crippen molar-refractivity contribution in [2.75, 3.05) is 0 Å². The number of hydrogen-bond donors (Lipinski definition) is 2. The first-order chi connectivity index (χ1) is 8.68. The minimum absolute atomic E-state index is 0.0823. The number of aliphatic carboxylic acids is 1. The highest BCUT2D eigenvalue weighted by atomic mass is 19.2. The highest BCUT2D eigenvalue weighted by molar-refractivity contribution is 6.09. The topological polar surface area (TPSA) is 103 Å². The Bertz CT molecular complexity index is 583. The largest absolute Gasteiger partial charge is 0.870 e. The molecule has 0 spiro atoms. The van der Waals surface area contributed by atoms with Gasteiger partial charge in [0.25, 0.3) is 0 Å². The molecule has 0 aliphatic rings. The van der Waals surface area contributed by atoms with Crippen molar-refractivity contribution in [3.05, 3.63) is 40.6 Å². The van der Waals surface area contributed by atoms with E-state index in [1.165, 1.54) is 0 Å². The Kier molecular flexibility index (Phi) is 3.78. The van der Waals surface area contributed by atoms with Crippen LogP contribution >= 0.6 is 0 Å². The summed E-state index contributed by atoms with van der Waals surface area (Å²) in [7, 11) is 0. The van der Waals surface area contributed by atoms with E-state index in [0.717, 1.165) is 0 Å². The predicted molar refractivity (Wildman–Crippen MR) is 50.0 cm³/mol. The lowest BCUT2D eigenvalue weighted by molar-refractivity contribution is -0.273. The molecule has 102 valence electrons. The molecule has 9 heteroatoms. The van der Waals surface area contributed by atoms with Gasteiger partial charge in [-0.1, -0.05) is 5.75 Å². The summed E-state index contributed by atoms with van der Waals surface area (Å²) in [5.74, 6) is -14.7. The van der Waals surface area contributed by atoms with Crippen molar-refractivity contribution in [2.24, 2.45) is 5.73 Å². The van der Waals surface area contributed by atoms with Gasteiger partial charge in [-0.05, 0) is 0 Å². The first kappa shape index (κ1) is 14.5. The van der Waals surface area contributed by atoms with E-state index in [4.69, 9.17) is 10.8 Å². The molecule has 0 heterocycles. The van der Waals surface area contributed by atoms with Crippen LogP contribution in [0.3, 0.4) is 0 Å². The lowest BCUT2D eigenvalue weighted by atomic mass is 10.1. The fourth-order valence-corrected chi connectivity index (χ4v) is 1.11. The van der Waals surface area contributed by atoms with E-state index in [1.807, 2.05) is 0 Å².